The SMILES string of the molecule is N#C/C(=C\c1ccc([N+](=O)[O-])s1)c1nc2ccccc2[nH]1. The van der Waals surface area contributed by atoms with Crippen LogP contribution in [0.3, 0.4) is 0 Å². The lowest BCUT2D eigenvalue weighted by Crippen LogP contribution is -1.83. The number of hydrogen-bond acceptors (Lipinski definition) is 5. The Bertz CT molecular complexity index is 868. The Morgan fingerprint density at radius 3 is 2.86 bits per heavy atom. The molecule has 0 fully saturated rings. The molecule has 2 heterocycles. The van der Waals surface area contributed by atoms with Crippen molar-refractivity contribution in [2.75, 3.05) is 0 Å². The molecule has 0 saturated heterocycles. The van der Waals surface area contributed by atoms with E-state index in [4.69, 9.17) is 0 Å². The second-order valence-electron chi connectivity index (χ2n) is 4.21. The van der Waals surface area contributed by atoms with Crippen LogP contribution in [0.2, 0.25) is 0 Å². The fourth-order valence-electron chi connectivity index (χ4n) is 1.89. The van der Waals surface area contributed by atoms with Gasteiger partial charge in [0.2, 0.25) is 0 Å². The van der Waals surface area contributed by atoms with Gasteiger partial charge in [0, 0.05) is 10.9 Å². The van der Waals surface area contributed by atoms with Crippen LogP contribution in [-0.4, -0.2) is 14.9 Å². The first-order valence-electron chi connectivity index (χ1n) is 5.98. The number of allylic oxidation sites excluding steroid dienone is 1. The summed E-state index contributed by atoms with van der Waals surface area (Å²) in [6.45, 7) is 0. The number of rotatable bonds is 3. The Labute approximate surface area is 123 Å². The van der Waals surface area contributed by atoms with Crippen LogP contribution in [-0.2, 0) is 0 Å². The van der Waals surface area contributed by atoms with Gasteiger partial charge in [-0.15, -0.1) is 0 Å². The summed E-state index contributed by atoms with van der Waals surface area (Å²) in [5.74, 6) is 0.453. The lowest BCUT2D eigenvalue weighted by atomic mass is 10.2. The molecular weight excluding hydrogens is 288 g/mol. The van der Waals surface area contributed by atoms with E-state index < -0.39 is 4.92 Å². The molecule has 0 atom stereocenters. The highest BCUT2D eigenvalue weighted by Crippen LogP contribution is 2.27. The number of H-pyrrole nitrogens is 1. The van der Waals surface area contributed by atoms with Crippen molar-refractivity contribution in [2.24, 2.45) is 0 Å². The topological polar surface area (TPSA) is 95.6 Å². The molecule has 0 aliphatic carbocycles. The van der Waals surface area contributed by atoms with Gasteiger partial charge in [-0.3, -0.25) is 10.1 Å². The average Bonchev–Trinajstić information content (AvgIpc) is 3.11. The van der Waals surface area contributed by atoms with Crippen molar-refractivity contribution in [1.29, 1.82) is 5.26 Å². The maximum Gasteiger partial charge on any atom is 0.324 e. The molecule has 7 heteroatoms. The van der Waals surface area contributed by atoms with Gasteiger partial charge in [0.05, 0.1) is 21.5 Å². The smallest absolute Gasteiger partial charge is 0.324 e. The van der Waals surface area contributed by atoms with Gasteiger partial charge in [0.1, 0.15) is 11.9 Å². The van der Waals surface area contributed by atoms with E-state index in [0.29, 0.717) is 16.3 Å². The van der Waals surface area contributed by atoms with E-state index in [0.717, 1.165) is 22.4 Å². The van der Waals surface area contributed by atoms with E-state index in [1.807, 2.05) is 24.3 Å². The molecule has 0 bridgehead atoms. The second kappa shape index (κ2) is 5.19. The van der Waals surface area contributed by atoms with Gasteiger partial charge in [0.25, 0.3) is 0 Å². The maximum absolute atomic E-state index is 10.7. The van der Waals surface area contributed by atoms with E-state index in [1.54, 1.807) is 12.1 Å². The first-order valence-corrected chi connectivity index (χ1v) is 6.80. The van der Waals surface area contributed by atoms with Crippen LogP contribution in [0.15, 0.2) is 36.4 Å². The molecule has 0 aliphatic rings. The van der Waals surface area contributed by atoms with Crippen molar-refractivity contribution in [1.82, 2.24) is 9.97 Å². The molecule has 6 nitrogen and oxygen atoms in total. The van der Waals surface area contributed by atoms with Gasteiger partial charge >= 0.3 is 5.00 Å². The number of fused-ring (bicyclic) bond motifs is 1. The molecule has 0 saturated carbocycles. The van der Waals surface area contributed by atoms with E-state index >= 15 is 0 Å². The number of aromatic nitrogens is 2. The molecule has 0 aliphatic heterocycles. The lowest BCUT2D eigenvalue weighted by molar-refractivity contribution is -0.380. The second-order valence-corrected chi connectivity index (χ2v) is 5.30. The third kappa shape index (κ3) is 2.52. The molecule has 0 unspecified atom stereocenters. The van der Waals surface area contributed by atoms with E-state index in [1.165, 1.54) is 6.07 Å². The predicted molar refractivity (Wildman–Crippen MR) is 80.6 cm³/mol. The van der Waals surface area contributed by atoms with Crippen molar-refractivity contribution in [3.63, 3.8) is 0 Å². The number of nitrogens with zero attached hydrogens (tertiary/aromatic N) is 3. The fourth-order valence-corrected chi connectivity index (χ4v) is 2.66. The maximum atomic E-state index is 10.7. The first kappa shape index (κ1) is 13.0. The molecule has 0 amide bonds. The highest BCUT2D eigenvalue weighted by molar-refractivity contribution is 7.16. The number of benzene rings is 1. The molecule has 3 rings (SSSR count). The Morgan fingerprint density at radius 2 is 2.19 bits per heavy atom. The number of aromatic amines is 1. The molecular formula is C14H8N4O2S. The molecule has 3 aromatic rings. The van der Waals surface area contributed by atoms with Gasteiger partial charge in [0.15, 0.2) is 0 Å². The van der Waals surface area contributed by atoms with E-state index in [-0.39, 0.29) is 5.00 Å². The molecule has 102 valence electrons. The molecule has 0 spiro atoms. The summed E-state index contributed by atoms with van der Waals surface area (Å²) in [6, 6.07) is 12.6. The summed E-state index contributed by atoms with van der Waals surface area (Å²) in [5, 5.41) is 20.0. The molecule has 0 radical (unpaired) electrons. The third-order valence-corrected chi connectivity index (χ3v) is 3.83. The highest BCUT2D eigenvalue weighted by atomic mass is 32.1. The minimum Gasteiger partial charge on any atom is -0.337 e. The number of thiophene rings is 1. The van der Waals surface area contributed by atoms with Crippen LogP contribution >= 0.6 is 11.3 Å². The van der Waals surface area contributed by atoms with Crippen molar-refractivity contribution >= 4 is 39.0 Å². The van der Waals surface area contributed by atoms with Gasteiger partial charge in [-0.1, -0.05) is 23.5 Å². The van der Waals surface area contributed by atoms with Crippen LogP contribution in [0.1, 0.15) is 10.7 Å². The number of nitriles is 1. The summed E-state index contributed by atoms with van der Waals surface area (Å²) in [6.07, 6.45) is 1.59. The Morgan fingerprint density at radius 1 is 1.38 bits per heavy atom. The van der Waals surface area contributed by atoms with Gasteiger partial charge < -0.3 is 4.98 Å². The van der Waals surface area contributed by atoms with Gasteiger partial charge in [-0.25, -0.2) is 4.98 Å². The molecule has 1 N–H and O–H groups in total. The first-order chi connectivity index (χ1) is 10.2. The van der Waals surface area contributed by atoms with E-state index in [2.05, 4.69) is 16.0 Å². The van der Waals surface area contributed by atoms with Crippen LogP contribution in [0.5, 0.6) is 0 Å². The van der Waals surface area contributed by atoms with Crippen molar-refractivity contribution in [3.05, 3.63) is 57.2 Å². The number of nitrogens with one attached hydrogen (secondary N) is 1. The summed E-state index contributed by atoms with van der Waals surface area (Å²) in [5.41, 5.74) is 1.94. The van der Waals surface area contributed by atoms with Crippen molar-refractivity contribution in [3.8, 4) is 6.07 Å². The van der Waals surface area contributed by atoms with Gasteiger partial charge in [-0.2, -0.15) is 5.26 Å². The summed E-state index contributed by atoms with van der Waals surface area (Å²) in [7, 11) is 0. The minimum absolute atomic E-state index is 0.0446. The Balaban J connectivity index is 2.02. The zero-order chi connectivity index (χ0) is 14.8. The zero-order valence-electron chi connectivity index (χ0n) is 10.6. The Hall–Kier alpha value is -2.98. The summed E-state index contributed by atoms with van der Waals surface area (Å²) in [4.78, 5) is 18.3. The van der Waals surface area contributed by atoms with Crippen molar-refractivity contribution in [2.45, 2.75) is 0 Å². The fraction of sp³-hybridized carbons (Fsp3) is 0. The summed E-state index contributed by atoms with van der Waals surface area (Å²) < 4.78 is 0. The molecule has 21 heavy (non-hydrogen) atoms. The van der Waals surface area contributed by atoms with Gasteiger partial charge in [-0.05, 0) is 24.3 Å². The zero-order valence-corrected chi connectivity index (χ0v) is 11.4. The number of para-hydroxylation sites is 2. The summed E-state index contributed by atoms with van der Waals surface area (Å²) >= 11 is 1.02. The average molecular weight is 296 g/mol. The van der Waals surface area contributed by atoms with Crippen LogP contribution in [0.25, 0.3) is 22.7 Å². The predicted octanol–water partition coefficient (Wildman–Crippen LogP) is 3.60. The van der Waals surface area contributed by atoms with E-state index in [9.17, 15) is 15.4 Å². The molecule has 2 aromatic heterocycles. The Kier molecular flexibility index (Phi) is 3.22. The van der Waals surface area contributed by atoms with Crippen LogP contribution in [0.4, 0.5) is 5.00 Å². The largest absolute Gasteiger partial charge is 0.337 e. The minimum atomic E-state index is -0.449. The van der Waals surface area contributed by atoms with Crippen LogP contribution < -0.4 is 0 Å². The standard InChI is InChI=1S/C14H8N4O2S/c15-8-9(7-10-5-6-13(21-10)18(19)20)14-16-11-3-1-2-4-12(11)17-14/h1-7H,(H,16,17)/b9-7+. The lowest BCUT2D eigenvalue weighted by Gasteiger charge is -1.91. The van der Waals surface area contributed by atoms with Crippen molar-refractivity contribution < 1.29 is 4.92 Å². The normalized spacial score (nSPS) is 11.5. The number of hydrogen-bond donors (Lipinski definition) is 1. The quantitative estimate of drug-likeness (QED) is 0.453. The number of imidazole rings is 1. The monoisotopic (exact) mass is 296 g/mol. The number of nitro groups is 1. The third-order valence-electron chi connectivity index (χ3n) is 2.84. The molecule has 1 aromatic carbocycles. The van der Waals surface area contributed by atoms with Crippen LogP contribution in [0, 0.1) is 21.4 Å². The highest BCUT2D eigenvalue weighted by Gasteiger charge is 2.11.